The number of nitrogens with one attached hydrogen (secondary N) is 1. The highest BCUT2D eigenvalue weighted by Gasteiger charge is 2.07. The highest BCUT2D eigenvalue weighted by molar-refractivity contribution is 7.99. The van der Waals surface area contributed by atoms with Gasteiger partial charge in [-0.25, -0.2) is 4.98 Å². The number of nitrogens with zero attached hydrogens (tertiary/aromatic N) is 3. The van der Waals surface area contributed by atoms with Crippen LogP contribution in [-0.4, -0.2) is 15.0 Å². The van der Waals surface area contributed by atoms with Crippen LogP contribution in [-0.2, 0) is 6.54 Å². The molecule has 0 radical (unpaired) electrons. The molecule has 0 saturated heterocycles. The largest absolute Gasteiger partial charge is 0.471 e. The number of nitrogens with two attached hydrogens (primary N) is 1. The standard InChI is InChI=1S/C14H12ClN5OS/c15-9-2-1-3-10(6-9)17-7-12-18-13(16)20-14(19-12)22-11-4-5-21-8-11/h1-6,8,17H,7H2,(H2,16,18,19,20). The van der Waals surface area contributed by atoms with Gasteiger partial charge in [0.25, 0.3) is 0 Å². The maximum absolute atomic E-state index is 5.94. The van der Waals surface area contributed by atoms with E-state index < -0.39 is 0 Å². The molecule has 8 heteroatoms. The second kappa shape index (κ2) is 6.67. The Bertz CT molecular complexity index is 766. The first-order valence-electron chi connectivity index (χ1n) is 6.39. The summed E-state index contributed by atoms with van der Waals surface area (Å²) in [7, 11) is 0. The van der Waals surface area contributed by atoms with Gasteiger partial charge >= 0.3 is 0 Å². The Morgan fingerprint density at radius 3 is 2.91 bits per heavy atom. The van der Waals surface area contributed by atoms with Gasteiger partial charge in [0.05, 0.1) is 17.7 Å². The molecule has 0 spiro atoms. The van der Waals surface area contributed by atoms with E-state index in [4.69, 9.17) is 21.8 Å². The predicted octanol–water partition coefficient (Wildman–Crippen LogP) is 3.46. The van der Waals surface area contributed by atoms with Gasteiger partial charge in [0, 0.05) is 10.7 Å². The van der Waals surface area contributed by atoms with Crippen molar-refractivity contribution in [3.8, 4) is 0 Å². The van der Waals surface area contributed by atoms with E-state index in [1.54, 1.807) is 12.5 Å². The molecule has 0 unspecified atom stereocenters. The van der Waals surface area contributed by atoms with Gasteiger partial charge in [-0.05, 0) is 36.0 Å². The topological polar surface area (TPSA) is 89.9 Å². The normalized spacial score (nSPS) is 10.6. The molecule has 3 rings (SSSR count). The summed E-state index contributed by atoms with van der Waals surface area (Å²) in [6.07, 6.45) is 3.21. The zero-order valence-electron chi connectivity index (χ0n) is 11.4. The molecule has 0 bridgehead atoms. The lowest BCUT2D eigenvalue weighted by Gasteiger charge is -2.07. The summed E-state index contributed by atoms with van der Waals surface area (Å²) in [5, 5.41) is 4.38. The van der Waals surface area contributed by atoms with Crippen molar-refractivity contribution in [1.82, 2.24) is 15.0 Å². The average Bonchev–Trinajstić information content (AvgIpc) is 2.98. The molecular weight excluding hydrogens is 322 g/mol. The molecule has 3 N–H and O–H groups in total. The van der Waals surface area contributed by atoms with Crippen LogP contribution in [0.25, 0.3) is 0 Å². The van der Waals surface area contributed by atoms with Crippen LogP contribution in [0.2, 0.25) is 5.02 Å². The number of anilines is 2. The molecule has 0 saturated carbocycles. The minimum absolute atomic E-state index is 0.184. The lowest BCUT2D eigenvalue weighted by Crippen LogP contribution is -2.08. The zero-order chi connectivity index (χ0) is 15.4. The van der Waals surface area contributed by atoms with Crippen molar-refractivity contribution in [1.29, 1.82) is 0 Å². The van der Waals surface area contributed by atoms with E-state index in [1.807, 2.05) is 30.3 Å². The Balaban J connectivity index is 1.72. The first-order valence-corrected chi connectivity index (χ1v) is 7.58. The summed E-state index contributed by atoms with van der Waals surface area (Å²) in [5.41, 5.74) is 6.62. The van der Waals surface area contributed by atoms with Crippen LogP contribution in [0.3, 0.4) is 0 Å². The molecule has 112 valence electrons. The van der Waals surface area contributed by atoms with E-state index in [0.717, 1.165) is 10.6 Å². The Kier molecular flexibility index (Phi) is 4.45. The second-order valence-electron chi connectivity index (χ2n) is 4.32. The highest BCUT2D eigenvalue weighted by Crippen LogP contribution is 2.25. The third-order valence-electron chi connectivity index (χ3n) is 2.66. The first-order chi connectivity index (χ1) is 10.7. The summed E-state index contributed by atoms with van der Waals surface area (Å²) in [6, 6.07) is 9.25. The van der Waals surface area contributed by atoms with E-state index >= 15 is 0 Å². The van der Waals surface area contributed by atoms with Gasteiger partial charge in [-0.1, -0.05) is 17.7 Å². The molecule has 0 aliphatic rings. The van der Waals surface area contributed by atoms with E-state index in [-0.39, 0.29) is 5.95 Å². The molecular formula is C14H12ClN5OS. The quantitative estimate of drug-likeness (QED) is 0.738. The summed E-state index contributed by atoms with van der Waals surface area (Å²) < 4.78 is 5.02. The van der Waals surface area contributed by atoms with Gasteiger partial charge in [-0.3, -0.25) is 0 Å². The molecule has 0 aliphatic heterocycles. The number of hydrogen-bond acceptors (Lipinski definition) is 7. The van der Waals surface area contributed by atoms with Crippen molar-refractivity contribution in [2.24, 2.45) is 0 Å². The SMILES string of the molecule is Nc1nc(CNc2cccc(Cl)c2)nc(Sc2ccoc2)n1. The van der Waals surface area contributed by atoms with Gasteiger partial charge in [-0.2, -0.15) is 9.97 Å². The lowest BCUT2D eigenvalue weighted by molar-refractivity contribution is 0.562. The summed E-state index contributed by atoms with van der Waals surface area (Å²) >= 11 is 7.30. The van der Waals surface area contributed by atoms with Crippen LogP contribution in [0.15, 0.2) is 57.3 Å². The van der Waals surface area contributed by atoms with Crippen molar-refractivity contribution >= 4 is 35.0 Å². The molecule has 0 atom stereocenters. The maximum atomic E-state index is 5.94. The monoisotopic (exact) mass is 333 g/mol. The summed E-state index contributed by atoms with van der Waals surface area (Å²) in [6.45, 7) is 0.423. The van der Waals surface area contributed by atoms with Crippen LogP contribution in [0.5, 0.6) is 0 Å². The number of aromatic nitrogens is 3. The average molecular weight is 334 g/mol. The molecule has 0 amide bonds. The second-order valence-corrected chi connectivity index (χ2v) is 5.79. The molecule has 22 heavy (non-hydrogen) atoms. The van der Waals surface area contributed by atoms with Gasteiger partial charge in [0.1, 0.15) is 6.26 Å². The maximum Gasteiger partial charge on any atom is 0.224 e. The van der Waals surface area contributed by atoms with Crippen LogP contribution >= 0.6 is 23.4 Å². The Labute approximate surface area is 136 Å². The number of rotatable bonds is 5. The Hall–Kier alpha value is -2.25. The minimum Gasteiger partial charge on any atom is -0.471 e. The molecule has 0 aliphatic carbocycles. The fourth-order valence-electron chi connectivity index (χ4n) is 1.74. The number of nitrogen functional groups attached to an aromatic ring is 1. The number of halogens is 1. The zero-order valence-corrected chi connectivity index (χ0v) is 12.9. The first kappa shape index (κ1) is 14.7. The van der Waals surface area contributed by atoms with Gasteiger partial charge in [-0.15, -0.1) is 0 Å². The number of benzene rings is 1. The molecule has 3 aromatic rings. The van der Waals surface area contributed by atoms with Crippen molar-refractivity contribution in [3.05, 3.63) is 53.7 Å². The van der Waals surface area contributed by atoms with Crippen molar-refractivity contribution in [2.45, 2.75) is 16.6 Å². The smallest absolute Gasteiger partial charge is 0.224 e. The molecule has 2 aromatic heterocycles. The summed E-state index contributed by atoms with van der Waals surface area (Å²) in [5.74, 6) is 0.738. The lowest BCUT2D eigenvalue weighted by atomic mass is 10.3. The Morgan fingerprint density at radius 2 is 2.14 bits per heavy atom. The van der Waals surface area contributed by atoms with Crippen molar-refractivity contribution in [3.63, 3.8) is 0 Å². The van der Waals surface area contributed by atoms with Gasteiger partial charge < -0.3 is 15.5 Å². The van der Waals surface area contributed by atoms with Crippen LogP contribution in [0, 0.1) is 0 Å². The third kappa shape index (κ3) is 3.90. The molecule has 0 fully saturated rings. The highest BCUT2D eigenvalue weighted by atomic mass is 35.5. The Morgan fingerprint density at radius 1 is 1.23 bits per heavy atom. The van der Waals surface area contributed by atoms with E-state index in [1.165, 1.54) is 11.8 Å². The van der Waals surface area contributed by atoms with Gasteiger partial charge in [0.15, 0.2) is 11.0 Å². The third-order valence-corrected chi connectivity index (χ3v) is 3.73. The molecule has 6 nitrogen and oxygen atoms in total. The molecule has 2 heterocycles. The number of furan rings is 1. The van der Waals surface area contributed by atoms with E-state index in [2.05, 4.69) is 20.3 Å². The van der Waals surface area contributed by atoms with E-state index in [0.29, 0.717) is 22.5 Å². The van der Waals surface area contributed by atoms with Crippen LogP contribution in [0.1, 0.15) is 5.82 Å². The van der Waals surface area contributed by atoms with Crippen molar-refractivity contribution < 1.29 is 4.42 Å². The minimum atomic E-state index is 0.184. The van der Waals surface area contributed by atoms with Crippen molar-refractivity contribution in [2.75, 3.05) is 11.1 Å². The predicted molar refractivity (Wildman–Crippen MR) is 85.8 cm³/mol. The van der Waals surface area contributed by atoms with Crippen LogP contribution in [0.4, 0.5) is 11.6 Å². The van der Waals surface area contributed by atoms with Crippen LogP contribution < -0.4 is 11.1 Å². The number of hydrogen-bond donors (Lipinski definition) is 2. The summed E-state index contributed by atoms with van der Waals surface area (Å²) in [4.78, 5) is 13.5. The molecule has 1 aromatic carbocycles. The fourth-order valence-corrected chi connectivity index (χ4v) is 2.65. The van der Waals surface area contributed by atoms with Gasteiger partial charge in [0.2, 0.25) is 5.95 Å². The fraction of sp³-hybridized carbons (Fsp3) is 0.0714. The van der Waals surface area contributed by atoms with E-state index in [9.17, 15) is 0 Å².